The molecule has 96 valence electrons. The van der Waals surface area contributed by atoms with E-state index < -0.39 is 5.41 Å². The summed E-state index contributed by atoms with van der Waals surface area (Å²) in [5.74, 6) is 0.417. The molecule has 1 aromatic carbocycles. The number of hydrogen-bond donors (Lipinski definition) is 0. The van der Waals surface area contributed by atoms with Crippen molar-refractivity contribution in [3.05, 3.63) is 35.4 Å². The van der Waals surface area contributed by atoms with Crippen molar-refractivity contribution >= 4 is 22.6 Å². The predicted octanol–water partition coefficient (Wildman–Crippen LogP) is 4.16. The highest BCUT2D eigenvalue weighted by Gasteiger charge is 2.25. The lowest BCUT2D eigenvalue weighted by Gasteiger charge is -2.21. The Bertz CT molecular complexity index is 510. The third kappa shape index (κ3) is 2.59. The van der Waals surface area contributed by atoms with Crippen LogP contribution >= 0.6 is 11.6 Å². The molecule has 3 heteroatoms. The smallest absolute Gasteiger partial charge is 0.316 e. The zero-order chi connectivity index (χ0) is 13.3. The van der Waals surface area contributed by atoms with E-state index in [9.17, 15) is 4.79 Å². The van der Waals surface area contributed by atoms with Crippen molar-refractivity contribution in [3.8, 4) is 5.75 Å². The average molecular weight is 265 g/mol. The quantitative estimate of drug-likeness (QED) is 0.562. The number of esters is 1. The first kappa shape index (κ1) is 13.2. The van der Waals surface area contributed by atoms with Crippen molar-refractivity contribution < 1.29 is 9.53 Å². The summed E-state index contributed by atoms with van der Waals surface area (Å²) < 4.78 is 5.50. The van der Waals surface area contributed by atoms with Gasteiger partial charge in [0.1, 0.15) is 5.75 Å². The summed E-state index contributed by atoms with van der Waals surface area (Å²) >= 11 is 6.17. The molecule has 0 saturated carbocycles. The van der Waals surface area contributed by atoms with Crippen molar-refractivity contribution in [3.63, 3.8) is 0 Å². The highest BCUT2D eigenvalue weighted by molar-refractivity contribution is 6.49. The zero-order valence-corrected chi connectivity index (χ0v) is 11.7. The van der Waals surface area contributed by atoms with E-state index >= 15 is 0 Å². The SMILES string of the molecule is CC(C)(C)C(=O)Oc1cccc2c1CCC=C2Cl. The summed E-state index contributed by atoms with van der Waals surface area (Å²) in [6.07, 6.45) is 3.74. The molecule has 1 aliphatic carbocycles. The van der Waals surface area contributed by atoms with Crippen molar-refractivity contribution in [2.45, 2.75) is 33.6 Å². The van der Waals surface area contributed by atoms with Crippen LogP contribution in [-0.4, -0.2) is 5.97 Å². The molecular formula is C15H17ClO2. The maximum atomic E-state index is 11.9. The predicted molar refractivity (Wildman–Crippen MR) is 73.7 cm³/mol. The molecule has 0 radical (unpaired) electrons. The molecule has 0 aliphatic heterocycles. The molecule has 0 saturated heterocycles. The number of allylic oxidation sites excluding steroid dienone is 1. The average Bonchev–Trinajstić information content (AvgIpc) is 2.29. The standard InChI is InChI=1S/C15H17ClO2/c1-15(2,3)14(17)18-13-9-5-6-10-11(13)7-4-8-12(10)16/h5-6,8-9H,4,7H2,1-3H3. The van der Waals surface area contributed by atoms with Crippen LogP contribution in [0, 0.1) is 5.41 Å². The van der Waals surface area contributed by atoms with Gasteiger partial charge in [-0.05, 0) is 45.2 Å². The first-order chi connectivity index (χ1) is 8.39. The third-order valence-electron chi connectivity index (χ3n) is 2.92. The third-order valence-corrected chi connectivity index (χ3v) is 3.28. The van der Waals surface area contributed by atoms with Gasteiger partial charge in [-0.2, -0.15) is 0 Å². The number of hydrogen-bond acceptors (Lipinski definition) is 2. The topological polar surface area (TPSA) is 26.3 Å². The fourth-order valence-electron chi connectivity index (χ4n) is 1.85. The van der Waals surface area contributed by atoms with Gasteiger partial charge in [0.2, 0.25) is 0 Å². The number of carbonyl (C=O) groups excluding carboxylic acids is 1. The van der Waals surface area contributed by atoms with Gasteiger partial charge >= 0.3 is 5.97 Å². The molecule has 0 fully saturated rings. The monoisotopic (exact) mass is 264 g/mol. The Balaban J connectivity index is 2.34. The lowest BCUT2D eigenvalue weighted by molar-refractivity contribution is -0.143. The van der Waals surface area contributed by atoms with Gasteiger partial charge in [-0.1, -0.05) is 29.8 Å². The molecule has 2 nitrogen and oxygen atoms in total. The largest absolute Gasteiger partial charge is 0.426 e. The summed E-state index contributed by atoms with van der Waals surface area (Å²) in [6, 6.07) is 5.66. The van der Waals surface area contributed by atoms with Crippen LogP contribution in [0.15, 0.2) is 24.3 Å². The molecule has 0 amide bonds. The van der Waals surface area contributed by atoms with E-state index in [1.165, 1.54) is 0 Å². The van der Waals surface area contributed by atoms with Gasteiger partial charge in [-0.15, -0.1) is 0 Å². The number of halogens is 1. The molecule has 0 aromatic heterocycles. The Morgan fingerprint density at radius 1 is 1.33 bits per heavy atom. The first-order valence-corrected chi connectivity index (χ1v) is 6.47. The fourth-order valence-corrected chi connectivity index (χ4v) is 2.14. The Labute approximate surface area is 113 Å². The van der Waals surface area contributed by atoms with Crippen LogP contribution in [0.5, 0.6) is 5.75 Å². The lowest BCUT2D eigenvalue weighted by Crippen LogP contribution is -2.26. The van der Waals surface area contributed by atoms with E-state index in [1.807, 2.05) is 45.0 Å². The highest BCUT2D eigenvalue weighted by atomic mass is 35.5. The molecule has 2 rings (SSSR count). The molecule has 0 spiro atoms. The van der Waals surface area contributed by atoms with Crippen molar-refractivity contribution in [2.75, 3.05) is 0 Å². The number of carbonyl (C=O) groups is 1. The van der Waals surface area contributed by atoms with Gasteiger partial charge in [-0.3, -0.25) is 4.79 Å². The molecular weight excluding hydrogens is 248 g/mol. The second kappa shape index (κ2) is 4.77. The number of ether oxygens (including phenoxy) is 1. The van der Waals surface area contributed by atoms with Gasteiger partial charge < -0.3 is 4.74 Å². The maximum Gasteiger partial charge on any atom is 0.316 e. The van der Waals surface area contributed by atoms with Gasteiger partial charge in [0, 0.05) is 10.6 Å². The van der Waals surface area contributed by atoms with Gasteiger partial charge in [0.15, 0.2) is 0 Å². The molecule has 0 heterocycles. The van der Waals surface area contributed by atoms with E-state index in [-0.39, 0.29) is 5.97 Å². The molecule has 1 aliphatic rings. The first-order valence-electron chi connectivity index (χ1n) is 6.10. The van der Waals surface area contributed by atoms with Crippen LogP contribution in [-0.2, 0) is 11.2 Å². The summed E-state index contributed by atoms with van der Waals surface area (Å²) in [7, 11) is 0. The van der Waals surface area contributed by atoms with E-state index in [2.05, 4.69) is 0 Å². The van der Waals surface area contributed by atoms with Gasteiger partial charge in [0.25, 0.3) is 0 Å². The van der Waals surface area contributed by atoms with Crippen LogP contribution in [0.4, 0.5) is 0 Å². The van der Waals surface area contributed by atoms with E-state index in [1.54, 1.807) is 0 Å². The molecule has 0 bridgehead atoms. The zero-order valence-electron chi connectivity index (χ0n) is 10.9. The van der Waals surface area contributed by atoms with Crippen LogP contribution in [0.3, 0.4) is 0 Å². The van der Waals surface area contributed by atoms with Gasteiger partial charge in [0.05, 0.1) is 5.41 Å². The minimum Gasteiger partial charge on any atom is -0.426 e. The van der Waals surface area contributed by atoms with Gasteiger partial charge in [-0.25, -0.2) is 0 Å². The summed E-state index contributed by atoms with van der Waals surface area (Å²) in [5.41, 5.74) is 1.50. The van der Waals surface area contributed by atoms with Crippen molar-refractivity contribution in [1.82, 2.24) is 0 Å². The summed E-state index contributed by atoms with van der Waals surface area (Å²) in [4.78, 5) is 11.9. The fraction of sp³-hybridized carbons (Fsp3) is 0.400. The maximum absolute atomic E-state index is 11.9. The number of benzene rings is 1. The van der Waals surface area contributed by atoms with E-state index in [0.717, 1.165) is 29.0 Å². The van der Waals surface area contributed by atoms with Crippen molar-refractivity contribution in [1.29, 1.82) is 0 Å². The Hall–Kier alpha value is -1.28. The van der Waals surface area contributed by atoms with Crippen LogP contribution in [0.25, 0.3) is 5.03 Å². The number of rotatable bonds is 1. The van der Waals surface area contributed by atoms with Crippen LogP contribution in [0.2, 0.25) is 0 Å². The normalized spacial score (nSPS) is 14.8. The Kier molecular flexibility index (Phi) is 3.49. The Morgan fingerprint density at radius 3 is 2.72 bits per heavy atom. The highest BCUT2D eigenvalue weighted by Crippen LogP contribution is 2.35. The minimum absolute atomic E-state index is 0.221. The molecule has 0 atom stereocenters. The second-order valence-corrected chi connectivity index (χ2v) is 5.92. The number of fused-ring (bicyclic) bond motifs is 1. The van der Waals surface area contributed by atoms with Crippen LogP contribution < -0.4 is 4.74 Å². The second-order valence-electron chi connectivity index (χ2n) is 5.51. The van der Waals surface area contributed by atoms with Crippen LogP contribution in [0.1, 0.15) is 38.3 Å². The molecule has 0 unspecified atom stereocenters. The minimum atomic E-state index is -0.503. The summed E-state index contributed by atoms with van der Waals surface area (Å²) in [5, 5.41) is 0.741. The van der Waals surface area contributed by atoms with E-state index in [0.29, 0.717) is 5.75 Å². The molecule has 1 aromatic rings. The van der Waals surface area contributed by atoms with Crippen molar-refractivity contribution in [2.24, 2.45) is 5.41 Å². The van der Waals surface area contributed by atoms with E-state index in [4.69, 9.17) is 16.3 Å². The lowest BCUT2D eigenvalue weighted by atomic mass is 9.95. The molecule has 18 heavy (non-hydrogen) atoms. The molecule has 0 N–H and O–H groups in total. The summed E-state index contributed by atoms with van der Waals surface area (Å²) in [6.45, 7) is 5.53. The Morgan fingerprint density at radius 2 is 2.06 bits per heavy atom.